The number of carboxylic acids is 1. The monoisotopic (exact) mass is 411 g/mol. The van der Waals surface area contributed by atoms with Gasteiger partial charge in [-0.1, -0.05) is 58.8 Å². The van der Waals surface area contributed by atoms with E-state index in [4.69, 9.17) is 4.74 Å². The average Bonchev–Trinajstić information content (AvgIpc) is 3.12. The van der Waals surface area contributed by atoms with Crippen LogP contribution in [-0.2, 0) is 19.1 Å². The van der Waals surface area contributed by atoms with E-state index < -0.39 is 23.8 Å². The van der Waals surface area contributed by atoms with Crippen molar-refractivity contribution in [2.75, 3.05) is 13.2 Å². The van der Waals surface area contributed by atoms with Gasteiger partial charge >= 0.3 is 11.9 Å². The lowest BCUT2D eigenvalue weighted by Gasteiger charge is -2.26. The van der Waals surface area contributed by atoms with Crippen LogP contribution in [0, 0.1) is 11.8 Å². The van der Waals surface area contributed by atoms with Crippen molar-refractivity contribution < 1.29 is 24.2 Å². The number of rotatable bonds is 16. The van der Waals surface area contributed by atoms with Crippen LogP contribution < -0.4 is 0 Å². The number of unbranched alkanes of at least 4 members (excludes halogenated alkanes) is 7. The lowest BCUT2D eigenvalue weighted by Crippen LogP contribution is -2.36. The third kappa shape index (κ3) is 9.64. The molecular formula is C23H41NO5. The molecule has 1 fully saturated rings. The highest BCUT2D eigenvalue weighted by molar-refractivity contribution is 5.81. The van der Waals surface area contributed by atoms with Crippen LogP contribution in [0.2, 0.25) is 0 Å². The number of likely N-dealkylation sites (tertiary alicyclic amines) is 1. The van der Waals surface area contributed by atoms with E-state index in [1.54, 1.807) is 6.92 Å². The normalized spacial score (nSPS) is 17.2. The SMILES string of the molecule is CCCCCCCCCCOC(=O)C(C)C(CCC(C)N1CCCC1=O)C(=O)O. The fraction of sp³-hybridized carbons (Fsp3) is 0.870. The zero-order valence-corrected chi connectivity index (χ0v) is 18.7. The Bertz CT molecular complexity index is 507. The summed E-state index contributed by atoms with van der Waals surface area (Å²) in [4.78, 5) is 37.6. The molecular weight excluding hydrogens is 370 g/mol. The zero-order valence-electron chi connectivity index (χ0n) is 18.7. The number of esters is 1. The largest absolute Gasteiger partial charge is 0.481 e. The second-order valence-corrected chi connectivity index (χ2v) is 8.49. The first kappa shape index (κ1) is 25.4. The van der Waals surface area contributed by atoms with Crippen LogP contribution in [0.15, 0.2) is 0 Å². The molecule has 0 spiro atoms. The van der Waals surface area contributed by atoms with Gasteiger partial charge in [0.15, 0.2) is 0 Å². The highest BCUT2D eigenvalue weighted by Crippen LogP contribution is 2.24. The second-order valence-electron chi connectivity index (χ2n) is 8.49. The van der Waals surface area contributed by atoms with Crippen molar-refractivity contribution in [3.05, 3.63) is 0 Å². The summed E-state index contributed by atoms with van der Waals surface area (Å²) in [6.07, 6.45) is 11.8. The molecule has 0 aromatic rings. The van der Waals surface area contributed by atoms with Crippen molar-refractivity contribution in [3.63, 3.8) is 0 Å². The van der Waals surface area contributed by atoms with Gasteiger partial charge < -0.3 is 14.7 Å². The minimum atomic E-state index is -0.971. The number of aliphatic carboxylic acids is 1. The molecule has 6 nitrogen and oxygen atoms in total. The molecule has 1 heterocycles. The number of hydrogen-bond donors (Lipinski definition) is 1. The number of nitrogens with zero attached hydrogens (tertiary/aromatic N) is 1. The van der Waals surface area contributed by atoms with Gasteiger partial charge in [0.2, 0.25) is 5.91 Å². The predicted molar refractivity (Wildman–Crippen MR) is 114 cm³/mol. The first-order chi connectivity index (χ1) is 13.9. The third-order valence-electron chi connectivity index (χ3n) is 6.07. The zero-order chi connectivity index (χ0) is 21.6. The van der Waals surface area contributed by atoms with E-state index in [0.717, 1.165) is 32.2 Å². The summed E-state index contributed by atoms with van der Waals surface area (Å²) >= 11 is 0. The maximum atomic E-state index is 12.3. The van der Waals surface area contributed by atoms with Crippen molar-refractivity contribution in [1.82, 2.24) is 4.90 Å². The molecule has 3 atom stereocenters. The van der Waals surface area contributed by atoms with Crippen LogP contribution >= 0.6 is 0 Å². The molecule has 168 valence electrons. The van der Waals surface area contributed by atoms with Gasteiger partial charge in [0, 0.05) is 19.0 Å². The molecule has 0 saturated carbocycles. The molecule has 0 aromatic heterocycles. The van der Waals surface area contributed by atoms with Crippen LogP contribution in [-0.4, -0.2) is 47.0 Å². The predicted octanol–water partition coefficient (Wildman–Crippen LogP) is 4.80. The standard InChI is InChI=1S/C23H41NO5/c1-4-5-6-7-8-9-10-11-17-29-23(28)19(3)20(22(26)27)15-14-18(2)24-16-12-13-21(24)25/h18-20H,4-17H2,1-3H3,(H,26,27). The molecule has 1 N–H and O–H groups in total. The van der Waals surface area contributed by atoms with Crippen molar-refractivity contribution >= 4 is 17.8 Å². The summed E-state index contributed by atoms with van der Waals surface area (Å²) in [7, 11) is 0. The van der Waals surface area contributed by atoms with Crippen LogP contribution in [0.25, 0.3) is 0 Å². The lowest BCUT2D eigenvalue weighted by molar-refractivity contribution is -0.157. The van der Waals surface area contributed by atoms with E-state index in [1.807, 2.05) is 11.8 Å². The van der Waals surface area contributed by atoms with Crippen molar-refractivity contribution in [2.45, 2.75) is 104 Å². The van der Waals surface area contributed by atoms with Crippen LogP contribution in [0.5, 0.6) is 0 Å². The summed E-state index contributed by atoms with van der Waals surface area (Å²) in [5.74, 6) is -2.71. The molecule has 0 radical (unpaired) electrons. The molecule has 0 aromatic carbocycles. The maximum Gasteiger partial charge on any atom is 0.309 e. The highest BCUT2D eigenvalue weighted by atomic mass is 16.5. The molecule has 1 aliphatic rings. The average molecular weight is 412 g/mol. The van der Waals surface area contributed by atoms with Crippen molar-refractivity contribution in [3.8, 4) is 0 Å². The molecule has 3 unspecified atom stereocenters. The molecule has 0 aliphatic carbocycles. The number of amides is 1. The van der Waals surface area contributed by atoms with Crippen molar-refractivity contribution in [2.24, 2.45) is 11.8 Å². The highest BCUT2D eigenvalue weighted by Gasteiger charge is 2.33. The van der Waals surface area contributed by atoms with E-state index in [-0.39, 0.29) is 11.9 Å². The van der Waals surface area contributed by atoms with Crippen LogP contribution in [0.4, 0.5) is 0 Å². The van der Waals surface area contributed by atoms with E-state index >= 15 is 0 Å². The molecule has 1 aliphatic heterocycles. The summed E-state index contributed by atoms with van der Waals surface area (Å²) in [5, 5.41) is 9.56. The Kier molecular flexibility index (Phi) is 12.6. The number of carboxylic acid groups (broad SMARTS) is 1. The first-order valence-corrected chi connectivity index (χ1v) is 11.6. The number of carbonyl (C=O) groups excluding carboxylic acids is 2. The van der Waals surface area contributed by atoms with Gasteiger partial charge in [-0.3, -0.25) is 14.4 Å². The van der Waals surface area contributed by atoms with E-state index in [1.165, 1.54) is 32.1 Å². The number of hydrogen-bond acceptors (Lipinski definition) is 4. The molecule has 1 rings (SSSR count). The minimum absolute atomic E-state index is 0.00685. The molecule has 6 heteroatoms. The Morgan fingerprint density at radius 2 is 1.66 bits per heavy atom. The molecule has 1 amide bonds. The third-order valence-corrected chi connectivity index (χ3v) is 6.07. The van der Waals surface area contributed by atoms with Gasteiger partial charge in [-0.2, -0.15) is 0 Å². The smallest absolute Gasteiger partial charge is 0.309 e. The fourth-order valence-electron chi connectivity index (χ4n) is 4.00. The topological polar surface area (TPSA) is 83.9 Å². The molecule has 1 saturated heterocycles. The minimum Gasteiger partial charge on any atom is -0.481 e. The first-order valence-electron chi connectivity index (χ1n) is 11.6. The van der Waals surface area contributed by atoms with E-state index in [2.05, 4.69) is 6.92 Å². The maximum absolute atomic E-state index is 12.3. The summed E-state index contributed by atoms with van der Waals surface area (Å²) < 4.78 is 5.34. The summed E-state index contributed by atoms with van der Waals surface area (Å²) in [6, 6.07) is 0.00685. The quantitative estimate of drug-likeness (QED) is 0.291. The number of ether oxygens (including phenoxy) is 1. The van der Waals surface area contributed by atoms with Gasteiger partial charge in [-0.25, -0.2) is 0 Å². The Morgan fingerprint density at radius 1 is 1.03 bits per heavy atom. The van der Waals surface area contributed by atoms with Crippen LogP contribution in [0.3, 0.4) is 0 Å². The van der Waals surface area contributed by atoms with Gasteiger partial charge in [0.1, 0.15) is 0 Å². The second kappa shape index (κ2) is 14.4. The Balaban J connectivity index is 2.27. The van der Waals surface area contributed by atoms with Gasteiger partial charge in [0.05, 0.1) is 18.4 Å². The van der Waals surface area contributed by atoms with Gasteiger partial charge in [0.25, 0.3) is 0 Å². The fourth-order valence-corrected chi connectivity index (χ4v) is 4.00. The Hall–Kier alpha value is -1.59. The van der Waals surface area contributed by atoms with Gasteiger partial charge in [-0.15, -0.1) is 0 Å². The molecule has 0 bridgehead atoms. The summed E-state index contributed by atoms with van der Waals surface area (Å²) in [5.41, 5.74) is 0. The number of carbonyl (C=O) groups is 3. The van der Waals surface area contributed by atoms with E-state index in [9.17, 15) is 19.5 Å². The summed E-state index contributed by atoms with van der Waals surface area (Å²) in [6.45, 7) is 6.91. The van der Waals surface area contributed by atoms with Crippen LogP contribution in [0.1, 0.15) is 97.8 Å². The molecule has 29 heavy (non-hydrogen) atoms. The van der Waals surface area contributed by atoms with Crippen molar-refractivity contribution in [1.29, 1.82) is 0 Å². The van der Waals surface area contributed by atoms with E-state index in [0.29, 0.717) is 25.9 Å². The Morgan fingerprint density at radius 3 is 2.21 bits per heavy atom. The van der Waals surface area contributed by atoms with Gasteiger partial charge in [-0.05, 0) is 32.6 Å². The lowest BCUT2D eigenvalue weighted by atomic mass is 9.88. The Labute approximate surface area is 176 Å².